The number of hydrogen-bond acceptors (Lipinski definition) is 3. The van der Waals surface area contributed by atoms with Crippen molar-refractivity contribution in [2.75, 3.05) is 0 Å². The normalized spacial score (nSPS) is 19.1. The van der Waals surface area contributed by atoms with Crippen LogP contribution in [-0.2, 0) is 4.79 Å². The Morgan fingerprint density at radius 1 is 1.45 bits per heavy atom. The van der Waals surface area contributed by atoms with Crippen molar-refractivity contribution in [2.24, 2.45) is 16.0 Å². The van der Waals surface area contributed by atoms with Crippen LogP contribution in [0, 0.1) is 0 Å². The molecule has 0 saturated carbocycles. The second kappa shape index (κ2) is 1.88. The van der Waals surface area contributed by atoms with E-state index in [0.717, 1.165) is 11.3 Å². The Hall–Kier alpha value is -1.71. The maximum Gasteiger partial charge on any atom is 0.269 e. The number of azo groups is 1. The van der Waals surface area contributed by atoms with Crippen LogP contribution >= 0.6 is 0 Å². The van der Waals surface area contributed by atoms with Gasteiger partial charge < -0.3 is 5.73 Å². The number of allylic oxidation sites excluding steroid dienone is 3. The first kappa shape index (κ1) is 6.03. The summed E-state index contributed by atoms with van der Waals surface area (Å²) >= 11 is 0. The van der Waals surface area contributed by atoms with E-state index in [9.17, 15) is 4.79 Å². The van der Waals surface area contributed by atoms with E-state index in [1.165, 1.54) is 0 Å². The lowest BCUT2D eigenvalue weighted by Crippen LogP contribution is -2.12. The van der Waals surface area contributed by atoms with Gasteiger partial charge in [-0.2, -0.15) is 0 Å². The summed E-state index contributed by atoms with van der Waals surface area (Å²) in [5, 5.41) is 7.38. The highest BCUT2D eigenvalue weighted by Gasteiger charge is 2.21. The van der Waals surface area contributed by atoms with E-state index in [-0.39, 0.29) is 5.70 Å². The fourth-order valence-electron chi connectivity index (χ4n) is 1.04. The number of carbonyl (C=O) groups excluding carboxylic acids is 1. The smallest absolute Gasteiger partial charge is 0.269 e. The Labute approximate surface area is 62.8 Å². The highest BCUT2D eigenvalue weighted by atomic mass is 16.1. The summed E-state index contributed by atoms with van der Waals surface area (Å²) in [5.41, 5.74) is 6.75. The van der Waals surface area contributed by atoms with Crippen molar-refractivity contribution < 1.29 is 4.79 Å². The van der Waals surface area contributed by atoms with Gasteiger partial charge in [0.05, 0.1) is 5.70 Å². The van der Waals surface area contributed by atoms with Crippen LogP contribution in [0.25, 0.3) is 0 Å². The van der Waals surface area contributed by atoms with Crippen molar-refractivity contribution in [1.29, 1.82) is 0 Å². The second-order valence-corrected chi connectivity index (χ2v) is 2.24. The number of nitrogens with zero attached hydrogens (tertiary/aromatic N) is 2. The van der Waals surface area contributed by atoms with Crippen LogP contribution in [0.1, 0.15) is 0 Å². The molecule has 0 radical (unpaired) electrons. The monoisotopic (exact) mass is 147 g/mol. The summed E-state index contributed by atoms with van der Waals surface area (Å²) < 4.78 is 0. The lowest BCUT2D eigenvalue weighted by atomic mass is 10.2. The van der Waals surface area contributed by atoms with Gasteiger partial charge in [0.1, 0.15) is 0 Å². The number of carbonyl (C=O) groups is 1. The predicted octanol–water partition coefficient (Wildman–Crippen LogP) is 0.645. The van der Waals surface area contributed by atoms with Gasteiger partial charge in [-0.25, -0.2) is 0 Å². The second-order valence-electron chi connectivity index (χ2n) is 2.24. The topological polar surface area (TPSA) is 67.8 Å². The van der Waals surface area contributed by atoms with Gasteiger partial charge in [0.25, 0.3) is 5.91 Å². The van der Waals surface area contributed by atoms with Crippen molar-refractivity contribution in [3.8, 4) is 0 Å². The number of amides is 1. The van der Waals surface area contributed by atoms with Gasteiger partial charge in [0.2, 0.25) is 0 Å². The number of primary amides is 1. The molecule has 54 valence electrons. The van der Waals surface area contributed by atoms with Gasteiger partial charge in [-0.05, 0) is 6.08 Å². The third kappa shape index (κ3) is 0.724. The third-order valence-corrected chi connectivity index (χ3v) is 1.54. The molecule has 0 saturated heterocycles. The van der Waals surface area contributed by atoms with Crippen molar-refractivity contribution in [2.45, 2.75) is 0 Å². The molecule has 2 rings (SSSR count). The molecule has 0 atom stereocenters. The van der Waals surface area contributed by atoms with Crippen LogP contribution < -0.4 is 5.73 Å². The highest BCUT2D eigenvalue weighted by molar-refractivity contribution is 5.94. The number of rotatable bonds is 1. The Morgan fingerprint density at radius 3 is 3.00 bits per heavy atom. The minimum absolute atomic E-state index is 0.255. The summed E-state index contributed by atoms with van der Waals surface area (Å²) in [4.78, 5) is 10.7. The maximum atomic E-state index is 10.7. The SMILES string of the molecule is NC(=O)C1=C2C=CC=C2N=N1. The van der Waals surface area contributed by atoms with Crippen LogP contribution in [0.15, 0.2) is 45.4 Å². The molecule has 0 fully saturated rings. The third-order valence-electron chi connectivity index (χ3n) is 1.54. The lowest BCUT2D eigenvalue weighted by molar-refractivity contribution is -0.114. The molecule has 0 unspecified atom stereocenters. The average Bonchev–Trinajstić information content (AvgIpc) is 2.41. The molecule has 1 aliphatic carbocycles. The van der Waals surface area contributed by atoms with Gasteiger partial charge in [-0.15, -0.1) is 10.2 Å². The van der Waals surface area contributed by atoms with Gasteiger partial charge in [-0.3, -0.25) is 4.79 Å². The van der Waals surface area contributed by atoms with Crippen LogP contribution in [0.3, 0.4) is 0 Å². The largest absolute Gasteiger partial charge is 0.364 e. The zero-order chi connectivity index (χ0) is 7.84. The molecular weight excluding hydrogens is 142 g/mol. The van der Waals surface area contributed by atoms with E-state index in [1.807, 2.05) is 6.08 Å². The first-order valence-corrected chi connectivity index (χ1v) is 3.13. The summed E-state index contributed by atoms with van der Waals surface area (Å²) in [5.74, 6) is -0.529. The van der Waals surface area contributed by atoms with Crippen LogP contribution in [0.2, 0.25) is 0 Å². The van der Waals surface area contributed by atoms with Crippen LogP contribution in [-0.4, -0.2) is 5.91 Å². The Bertz CT molecular complexity index is 347. The quantitative estimate of drug-likeness (QED) is 0.581. The molecule has 4 heteroatoms. The molecule has 4 nitrogen and oxygen atoms in total. The van der Waals surface area contributed by atoms with Gasteiger partial charge in [0.15, 0.2) is 5.70 Å². The number of fused-ring (bicyclic) bond motifs is 1. The fourth-order valence-corrected chi connectivity index (χ4v) is 1.04. The standard InChI is InChI=1S/C7H5N3O/c8-7(11)6-4-2-1-3-5(4)9-10-6/h1-3H,(H2,8,11). The maximum absolute atomic E-state index is 10.7. The molecule has 1 amide bonds. The summed E-state index contributed by atoms with van der Waals surface area (Å²) in [6, 6.07) is 0. The zero-order valence-electron chi connectivity index (χ0n) is 5.61. The first-order valence-electron chi connectivity index (χ1n) is 3.13. The number of hydrogen-bond donors (Lipinski definition) is 1. The molecule has 2 N–H and O–H groups in total. The predicted molar refractivity (Wildman–Crippen MR) is 38.3 cm³/mol. The van der Waals surface area contributed by atoms with Crippen molar-refractivity contribution in [3.63, 3.8) is 0 Å². The molecule has 11 heavy (non-hydrogen) atoms. The Morgan fingerprint density at radius 2 is 2.27 bits per heavy atom. The van der Waals surface area contributed by atoms with Gasteiger partial charge in [-0.1, -0.05) is 12.2 Å². The summed E-state index contributed by atoms with van der Waals surface area (Å²) in [6.07, 6.45) is 5.37. The molecule has 0 aromatic carbocycles. The van der Waals surface area contributed by atoms with Crippen molar-refractivity contribution in [3.05, 3.63) is 35.2 Å². The van der Waals surface area contributed by atoms with E-state index in [4.69, 9.17) is 5.73 Å². The zero-order valence-corrected chi connectivity index (χ0v) is 5.61. The fraction of sp³-hybridized carbons (Fsp3) is 0. The first-order chi connectivity index (χ1) is 5.29. The average molecular weight is 147 g/mol. The molecule has 2 aliphatic rings. The van der Waals surface area contributed by atoms with Gasteiger partial charge >= 0.3 is 0 Å². The van der Waals surface area contributed by atoms with Crippen LogP contribution in [0.5, 0.6) is 0 Å². The Kier molecular flexibility index (Phi) is 1.03. The minimum atomic E-state index is -0.529. The molecule has 0 spiro atoms. The van der Waals surface area contributed by atoms with E-state index < -0.39 is 5.91 Å². The summed E-state index contributed by atoms with van der Waals surface area (Å²) in [7, 11) is 0. The summed E-state index contributed by atoms with van der Waals surface area (Å²) in [6.45, 7) is 0. The molecular formula is C7H5N3O. The van der Waals surface area contributed by atoms with E-state index in [0.29, 0.717) is 0 Å². The molecule has 0 aromatic heterocycles. The van der Waals surface area contributed by atoms with E-state index in [2.05, 4.69) is 10.2 Å². The van der Waals surface area contributed by atoms with Crippen LogP contribution in [0.4, 0.5) is 0 Å². The number of nitrogens with two attached hydrogens (primary N) is 1. The lowest BCUT2D eigenvalue weighted by Gasteiger charge is -1.90. The molecule has 0 bridgehead atoms. The molecule has 1 heterocycles. The molecule has 1 aliphatic heterocycles. The molecule has 0 aromatic rings. The van der Waals surface area contributed by atoms with Crippen molar-refractivity contribution >= 4 is 5.91 Å². The Balaban J connectivity index is 2.55. The van der Waals surface area contributed by atoms with E-state index >= 15 is 0 Å². The van der Waals surface area contributed by atoms with E-state index in [1.54, 1.807) is 12.2 Å². The minimum Gasteiger partial charge on any atom is -0.364 e. The van der Waals surface area contributed by atoms with Crippen molar-refractivity contribution in [1.82, 2.24) is 0 Å². The van der Waals surface area contributed by atoms with Gasteiger partial charge in [0, 0.05) is 5.57 Å². The highest BCUT2D eigenvalue weighted by Crippen LogP contribution is 2.29.